The molecule has 0 aliphatic rings. The van der Waals surface area contributed by atoms with Crippen LogP contribution in [0.4, 0.5) is 0 Å². The van der Waals surface area contributed by atoms with Gasteiger partial charge in [-0.05, 0) is 44.9 Å². The zero-order valence-corrected chi connectivity index (χ0v) is 50.4. The molecule has 0 fully saturated rings. The largest absolute Gasteiger partial charge is 0.462 e. The number of esters is 3. The lowest BCUT2D eigenvalue weighted by Gasteiger charge is -2.18. The van der Waals surface area contributed by atoms with Gasteiger partial charge in [0, 0.05) is 19.3 Å². The molecule has 0 aliphatic carbocycles. The summed E-state index contributed by atoms with van der Waals surface area (Å²) in [6, 6.07) is 0. The predicted molar refractivity (Wildman–Crippen MR) is 321 cm³/mol. The summed E-state index contributed by atoms with van der Waals surface area (Å²) in [5.74, 6) is -0.841. The number of carbonyl (C=O) groups excluding carboxylic acids is 3. The molecule has 1 atom stereocenters. The fourth-order valence-electron chi connectivity index (χ4n) is 10.4. The standard InChI is InChI=1S/C68H130O6/c1-4-7-10-13-16-19-22-24-26-28-29-30-31-32-33-34-35-36-37-38-40-41-43-46-49-52-55-58-61-67(70)73-64-65(63-72-66(69)60-57-54-51-48-45-21-18-15-12-9-6-3)74-68(71)62-59-56-53-50-47-44-42-39-27-25-23-20-17-14-11-8-5-2/h25,27,65H,4-24,26,28-64H2,1-3H3/b27-25-. The van der Waals surface area contributed by atoms with Gasteiger partial charge in [0.05, 0.1) is 0 Å². The van der Waals surface area contributed by atoms with Crippen LogP contribution in [0.1, 0.15) is 387 Å². The molecule has 6 heteroatoms. The molecule has 0 radical (unpaired) electrons. The van der Waals surface area contributed by atoms with Crippen molar-refractivity contribution in [2.75, 3.05) is 13.2 Å². The van der Waals surface area contributed by atoms with Gasteiger partial charge in [-0.1, -0.05) is 335 Å². The van der Waals surface area contributed by atoms with Crippen LogP contribution in [0.5, 0.6) is 0 Å². The molecule has 0 amide bonds. The Morgan fingerprint density at radius 3 is 0.676 bits per heavy atom. The van der Waals surface area contributed by atoms with Gasteiger partial charge in [-0.25, -0.2) is 0 Å². The van der Waals surface area contributed by atoms with Gasteiger partial charge in [-0.2, -0.15) is 0 Å². The second-order valence-corrected chi connectivity index (χ2v) is 23.1. The molecule has 438 valence electrons. The molecule has 1 unspecified atom stereocenters. The number of carbonyl (C=O) groups is 3. The highest BCUT2D eigenvalue weighted by molar-refractivity contribution is 5.71. The maximum atomic E-state index is 12.9. The third-order valence-corrected chi connectivity index (χ3v) is 15.5. The van der Waals surface area contributed by atoms with Crippen LogP contribution in [0.2, 0.25) is 0 Å². The second kappa shape index (κ2) is 63.7. The Kier molecular flexibility index (Phi) is 62.1. The molecule has 0 aliphatic heterocycles. The minimum absolute atomic E-state index is 0.0654. The van der Waals surface area contributed by atoms with E-state index in [0.29, 0.717) is 19.3 Å². The number of unbranched alkanes of at least 4 members (excludes halogenated alkanes) is 50. The quantitative estimate of drug-likeness (QED) is 0.0261. The van der Waals surface area contributed by atoms with Gasteiger partial charge < -0.3 is 14.2 Å². The number of allylic oxidation sites excluding steroid dienone is 2. The lowest BCUT2D eigenvalue weighted by atomic mass is 10.0. The van der Waals surface area contributed by atoms with E-state index in [2.05, 4.69) is 32.9 Å². The molecular formula is C68H130O6. The highest BCUT2D eigenvalue weighted by atomic mass is 16.6. The Morgan fingerprint density at radius 2 is 0.446 bits per heavy atom. The molecule has 0 N–H and O–H groups in total. The molecule has 0 rings (SSSR count). The van der Waals surface area contributed by atoms with Crippen molar-refractivity contribution in [3.05, 3.63) is 12.2 Å². The number of hydrogen-bond donors (Lipinski definition) is 0. The first-order chi connectivity index (χ1) is 36.5. The van der Waals surface area contributed by atoms with Gasteiger partial charge in [0.25, 0.3) is 0 Å². The molecule has 6 nitrogen and oxygen atoms in total. The van der Waals surface area contributed by atoms with Crippen molar-refractivity contribution in [3.8, 4) is 0 Å². The molecule has 0 heterocycles. The minimum atomic E-state index is -0.767. The Bertz CT molecular complexity index is 1150. The van der Waals surface area contributed by atoms with Gasteiger partial charge >= 0.3 is 17.9 Å². The van der Waals surface area contributed by atoms with Crippen molar-refractivity contribution < 1.29 is 28.6 Å². The zero-order chi connectivity index (χ0) is 53.6. The summed E-state index contributed by atoms with van der Waals surface area (Å²) in [5.41, 5.74) is 0. The van der Waals surface area contributed by atoms with E-state index in [-0.39, 0.29) is 31.1 Å². The Hall–Kier alpha value is -1.85. The summed E-state index contributed by atoms with van der Waals surface area (Å²) in [4.78, 5) is 38.2. The van der Waals surface area contributed by atoms with Crippen LogP contribution < -0.4 is 0 Å². The van der Waals surface area contributed by atoms with Gasteiger partial charge in [-0.15, -0.1) is 0 Å². The average Bonchev–Trinajstić information content (AvgIpc) is 3.40. The molecule has 0 aromatic rings. The molecule has 0 saturated carbocycles. The summed E-state index contributed by atoms with van der Waals surface area (Å²) < 4.78 is 16.9. The van der Waals surface area contributed by atoms with Crippen molar-refractivity contribution in [2.24, 2.45) is 0 Å². The summed E-state index contributed by atoms with van der Waals surface area (Å²) >= 11 is 0. The molecular weight excluding hydrogens is 913 g/mol. The topological polar surface area (TPSA) is 78.9 Å². The summed E-state index contributed by atoms with van der Waals surface area (Å²) in [5, 5.41) is 0. The monoisotopic (exact) mass is 1040 g/mol. The van der Waals surface area contributed by atoms with E-state index < -0.39 is 6.10 Å². The third kappa shape index (κ3) is 61.0. The molecule has 0 aromatic heterocycles. The van der Waals surface area contributed by atoms with Crippen molar-refractivity contribution in [3.63, 3.8) is 0 Å². The van der Waals surface area contributed by atoms with Gasteiger partial charge in [0.2, 0.25) is 0 Å². The van der Waals surface area contributed by atoms with E-state index >= 15 is 0 Å². The number of ether oxygens (including phenoxy) is 3. The Labute approximate surface area is 462 Å². The van der Waals surface area contributed by atoms with Crippen LogP contribution in [0.15, 0.2) is 12.2 Å². The Morgan fingerprint density at radius 1 is 0.257 bits per heavy atom. The average molecular weight is 1040 g/mol. The summed E-state index contributed by atoms with van der Waals surface area (Å²) in [6.45, 7) is 6.70. The van der Waals surface area contributed by atoms with Crippen molar-refractivity contribution in [2.45, 2.75) is 393 Å². The second-order valence-electron chi connectivity index (χ2n) is 23.1. The van der Waals surface area contributed by atoms with Crippen LogP contribution >= 0.6 is 0 Å². The van der Waals surface area contributed by atoms with Gasteiger partial charge in [0.1, 0.15) is 13.2 Å². The lowest BCUT2D eigenvalue weighted by molar-refractivity contribution is -0.167. The van der Waals surface area contributed by atoms with E-state index in [4.69, 9.17) is 14.2 Å². The van der Waals surface area contributed by atoms with Crippen LogP contribution in [0.3, 0.4) is 0 Å². The van der Waals surface area contributed by atoms with E-state index in [9.17, 15) is 14.4 Å². The van der Waals surface area contributed by atoms with E-state index in [1.807, 2.05) is 0 Å². The van der Waals surface area contributed by atoms with Gasteiger partial charge in [-0.3, -0.25) is 14.4 Å². The normalized spacial score (nSPS) is 12.0. The minimum Gasteiger partial charge on any atom is -0.462 e. The van der Waals surface area contributed by atoms with Crippen LogP contribution in [0.25, 0.3) is 0 Å². The zero-order valence-electron chi connectivity index (χ0n) is 50.4. The first kappa shape index (κ1) is 72.2. The first-order valence-corrected chi connectivity index (χ1v) is 33.7. The number of hydrogen-bond acceptors (Lipinski definition) is 6. The predicted octanol–water partition coefficient (Wildman–Crippen LogP) is 22.8. The summed E-state index contributed by atoms with van der Waals surface area (Å²) in [6.07, 6.45) is 75.3. The van der Waals surface area contributed by atoms with Crippen LogP contribution in [-0.4, -0.2) is 37.2 Å². The van der Waals surface area contributed by atoms with Crippen molar-refractivity contribution in [1.29, 1.82) is 0 Å². The van der Waals surface area contributed by atoms with Crippen molar-refractivity contribution in [1.82, 2.24) is 0 Å². The maximum absolute atomic E-state index is 12.9. The first-order valence-electron chi connectivity index (χ1n) is 33.7. The highest BCUT2D eigenvalue weighted by Gasteiger charge is 2.19. The van der Waals surface area contributed by atoms with E-state index in [1.54, 1.807) is 0 Å². The smallest absolute Gasteiger partial charge is 0.306 e. The maximum Gasteiger partial charge on any atom is 0.306 e. The molecule has 0 saturated heterocycles. The molecule has 74 heavy (non-hydrogen) atoms. The summed E-state index contributed by atoms with van der Waals surface area (Å²) in [7, 11) is 0. The molecule has 0 spiro atoms. The highest BCUT2D eigenvalue weighted by Crippen LogP contribution is 2.19. The fraction of sp³-hybridized carbons (Fsp3) is 0.926. The van der Waals surface area contributed by atoms with Crippen LogP contribution in [-0.2, 0) is 28.6 Å². The third-order valence-electron chi connectivity index (χ3n) is 15.5. The fourth-order valence-corrected chi connectivity index (χ4v) is 10.4. The number of rotatable bonds is 63. The van der Waals surface area contributed by atoms with Crippen LogP contribution in [0, 0.1) is 0 Å². The Balaban J connectivity index is 4.12. The molecule has 0 bridgehead atoms. The van der Waals surface area contributed by atoms with Gasteiger partial charge in [0.15, 0.2) is 6.10 Å². The van der Waals surface area contributed by atoms with E-state index in [0.717, 1.165) is 57.8 Å². The van der Waals surface area contributed by atoms with Crippen molar-refractivity contribution >= 4 is 17.9 Å². The SMILES string of the molecule is CCCCCCCC/C=C\CCCCCCCCCC(=O)OC(COC(=O)CCCCCCCCCCCCC)COC(=O)CCCCCCCCCCCCCCCCCCCCCCCCCCCCCC. The van der Waals surface area contributed by atoms with E-state index in [1.165, 1.54) is 289 Å². The molecule has 0 aromatic carbocycles. The lowest BCUT2D eigenvalue weighted by Crippen LogP contribution is -2.30.